The second-order valence-corrected chi connectivity index (χ2v) is 6.09. The summed E-state index contributed by atoms with van der Waals surface area (Å²) in [7, 11) is 0. The molecule has 0 spiro atoms. The summed E-state index contributed by atoms with van der Waals surface area (Å²) in [5.74, 6) is 0.143. The number of aromatic nitrogens is 2. The largest absolute Gasteiger partial charge is 0.339 e. The number of amides is 2. The third kappa shape index (κ3) is 3.96. The van der Waals surface area contributed by atoms with Crippen LogP contribution in [0.25, 0.3) is 0 Å². The maximum atomic E-state index is 13.8. The first-order valence-electron chi connectivity index (χ1n) is 8.36. The molecule has 3 rings (SSSR count). The lowest BCUT2D eigenvalue weighted by molar-refractivity contribution is -0.130. The molecule has 0 atom stereocenters. The molecule has 0 bridgehead atoms. The summed E-state index contributed by atoms with van der Waals surface area (Å²) >= 11 is 0. The van der Waals surface area contributed by atoms with Gasteiger partial charge in [-0.15, -0.1) is 0 Å². The highest BCUT2D eigenvalue weighted by Gasteiger charge is 2.24. The first kappa shape index (κ1) is 17.8. The molecule has 2 heterocycles. The molecule has 0 radical (unpaired) electrons. The van der Waals surface area contributed by atoms with Crippen molar-refractivity contribution in [2.24, 2.45) is 0 Å². The number of anilines is 2. The molecule has 2 amide bonds. The SMILES string of the molecule is CC(=O)N1CCN(C(=O)c2cc(Nc3ccccc3F)nc(C)n2)CC1. The van der Waals surface area contributed by atoms with Gasteiger partial charge in [-0.3, -0.25) is 9.59 Å². The molecule has 8 heteroatoms. The maximum absolute atomic E-state index is 13.8. The highest BCUT2D eigenvalue weighted by Crippen LogP contribution is 2.19. The lowest BCUT2D eigenvalue weighted by atomic mass is 10.2. The molecule has 1 N–H and O–H groups in total. The van der Waals surface area contributed by atoms with Crippen LogP contribution in [0, 0.1) is 12.7 Å². The van der Waals surface area contributed by atoms with E-state index in [1.54, 1.807) is 34.9 Å². The average Bonchev–Trinajstić information content (AvgIpc) is 2.62. The molecule has 26 heavy (non-hydrogen) atoms. The van der Waals surface area contributed by atoms with Gasteiger partial charge in [0.25, 0.3) is 5.91 Å². The van der Waals surface area contributed by atoms with E-state index in [2.05, 4.69) is 15.3 Å². The topological polar surface area (TPSA) is 78.4 Å². The summed E-state index contributed by atoms with van der Waals surface area (Å²) in [6.45, 7) is 5.12. The first-order valence-corrected chi connectivity index (χ1v) is 8.36. The third-order valence-electron chi connectivity index (χ3n) is 4.21. The van der Waals surface area contributed by atoms with E-state index in [1.807, 2.05) is 0 Å². The zero-order chi connectivity index (χ0) is 18.7. The molecule has 136 valence electrons. The number of hydrogen-bond acceptors (Lipinski definition) is 5. The molecule has 7 nitrogen and oxygen atoms in total. The van der Waals surface area contributed by atoms with Crippen LogP contribution >= 0.6 is 0 Å². The molecule has 1 saturated heterocycles. The van der Waals surface area contributed by atoms with E-state index in [0.717, 1.165) is 0 Å². The van der Waals surface area contributed by atoms with Gasteiger partial charge in [0.1, 0.15) is 23.2 Å². The van der Waals surface area contributed by atoms with Crippen molar-refractivity contribution in [1.82, 2.24) is 19.8 Å². The molecule has 0 aliphatic carbocycles. The predicted octanol–water partition coefficient (Wildman–Crippen LogP) is 1.97. The van der Waals surface area contributed by atoms with Crippen molar-refractivity contribution in [3.63, 3.8) is 0 Å². The van der Waals surface area contributed by atoms with Crippen LogP contribution in [0.2, 0.25) is 0 Å². The molecule has 1 aromatic carbocycles. The van der Waals surface area contributed by atoms with Crippen LogP contribution < -0.4 is 5.32 Å². The number of para-hydroxylation sites is 1. The summed E-state index contributed by atoms with van der Waals surface area (Å²) < 4.78 is 13.8. The molecule has 2 aromatic rings. The Hall–Kier alpha value is -3.03. The molecular formula is C18H20FN5O2. The number of carbonyl (C=O) groups excluding carboxylic acids is 2. The van der Waals surface area contributed by atoms with Crippen LogP contribution in [0.1, 0.15) is 23.2 Å². The Morgan fingerprint density at radius 1 is 1.08 bits per heavy atom. The van der Waals surface area contributed by atoms with Gasteiger partial charge in [-0.2, -0.15) is 0 Å². The molecule has 1 fully saturated rings. The Bertz CT molecular complexity index is 834. The Balaban J connectivity index is 1.76. The Morgan fingerprint density at radius 2 is 1.73 bits per heavy atom. The van der Waals surface area contributed by atoms with Crippen LogP contribution in [-0.4, -0.2) is 57.8 Å². The Morgan fingerprint density at radius 3 is 2.38 bits per heavy atom. The van der Waals surface area contributed by atoms with E-state index in [0.29, 0.717) is 37.8 Å². The van der Waals surface area contributed by atoms with Gasteiger partial charge >= 0.3 is 0 Å². The van der Waals surface area contributed by atoms with Gasteiger partial charge in [-0.1, -0.05) is 12.1 Å². The number of hydrogen-bond donors (Lipinski definition) is 1. The van der Waals surface area contributed by atoms with Gasteiger partial charge in [0.15, 0.2) is 0 Å². The second-order valence-electron chi connectivity index (χ2n) is 6.09. The fourth-order valence-electron chi connectivity index (χ4n) is 2.83. The number of carbonyl (C=O) groups is 2. The minimum Gasteiger partial charge on any atom is -0.339 e. The quantitative estimate of drug-likeness (QED) is 0.909. The van der Waals surface area contributed by atoms with Crippen LogP contribution in [0.3, 0.4) is 0 Å². The van der Waals surface area contributed by atoms with Crippen molar-refractivity contribution in [3.8, 4) is 0 Å². The van der Waals surface area contributed by atoms with Gasteiger partial charge in [0, 0.05) is 39.2 Å². The standard InChI is InChI=1S/C18H20FN5O2/c1-12-20-16(18(26)24-9-7-23(8-10-24)13(2)25)11-17(21-12)22-15-6-4-3-5-14(15)19/h3-6,11H,7-10H2,1-2H3,(H,20,21,22). The summed E-state index contributed by atoms with van der Waals surface area (Å²) in [4.78, 5) is 35.9. The van der Waals surface area contributed by atoms with Crippen molar-refractivity contribution >= 4 is 23.3 Å². The molecule has 1 aromatic heterocycles. The number of piperazine rings is 1. The van der Waals surface area contributed by atoms with Crippen molar-refractivity contribution < 1.29 is 14.0 Å². The normalized spacial score (nSPS) is 14.3. The summed E-state index contributed by atoms with van der Waals surface area (Å²) in [6.07, 6.45) is 0. The van der Waals surface area contributed by atoms with Gasteiger partial charge in [-0.25, -0.2) is 14.4 Å². The minimum atomic E-state index is -0.406. The predicted molar refractivity (Wildman–Crippen MR) is 94.6 cm³/mol. The van der Waals surface area contributed by atoms with E-state index in [4.69, 9.17) is 0 Å². The van der Waals surface area contributed by atoms with Gasteiger partial charge in [0.05, 0.1) is 5.69 Å². The zero-order valence-corrected chi connectivity index (χ0v) is 14.7. The van der Waals surface area contributed by atoms with E-state index in [1.165, 1.54) is 19.1 Å². The number of benzene rings is 1. The van der Waals surface area contributed by atoms with Gasteiger partial charge in [-0.05, 0) is 19.1 Å². The Kier molecular flexibility index (Phi) is 5.11. The summed E-state index contributed by atoms with van der Waals surface area (Å²) in [5.41, 5.74) is 0.520. The average molecular weight is 357 g/mol. The number of aryl methyl sites for hydroxylation is 1. The number of nitrogens with one attached hydrogen (secondary N) is 1. The fraction of sp³-hybridized carbons (Fsp3) is 0.333. The van der Waals surface area contributed by atoms with Crippen molar-refractivity contribution in [2.45, 2.75) is 13.8 Å². The highest BCUT2D eigenvalue weighted by molar-refractivity contribution is 5.93. The smallest absolute Gasteiger partial charge is 0.272 e. The second kappa shape index (κ2) is 7.47. The van der Waals surface area contributed by atoms with E-state index >= 15 is 0 Å². The first-order chi connectivity index (χ1) is 12.4. The summed E-state index contributed by atoms with van der Waals surface area (Å²) in [5, 5.41) is 2.88. The zero-order valence-electron chi connectivity index (χ0n) is 14.7. The molecule has 0 saturated carbocycles. The Labute approximate surface area is 150 Å². The van der Waals surface area contributed by atoms with Crippen LogP contribution in [0.15, 0.2) is 30.3 Å². The highest BCUT2D eigenvalue weighted by atomic mass is 19.1. The van der Waals surface area contributed by atoms with E-state index in [-0.39, 0.29) is 23.2 Å². The van der Waals surface area contributed by atoms with Crippen molar-refractivity contribution in [1.29, 1.82) is 0 Å². The van der Waals surface area contributed by atoms with Crippen molar-refractivity contribution in [2.75, 3.05) is 31.5 Å². The lowest BCUT2D eigenvalue weighted by Gasteiger charge is -2.34. The number of nitrogens with zero attached hydrogens (tertiary/aromatic N) is 4. The molecular weight excluding hydrogens is 337 g/mol. The summed E-state index contributed by atoms with van der Waals surface area (Å²) in [6, 6.07) is 7.76. The van der Waals surface area contributed by atoms with Crippen LogP contribution in [0.5, 0.6) is 0 Å². The lowest BCUT2D eigenvalue weighted by Crippen LogP contribution is -2.50. The molecule has 1 aliphatic rings. The van der Waals surface area contributed by atoms with Crippen LogP contribution in [0.4, 0.5) is 15.9 Å². The minimum absolute atomic E-state index is 0.00588. The number of rotatable bonds is 3. The van der Waals surface area contributed by atoms with E-state index < -0.39 is 5.82 Å². The maximum Gasteiger partial charge on any atom is 0.272 e. The molecule has 1 aliphatic heterocycles. The molecule has 0 unspecified atom stereocenters. The van der Waals surface area contributed by atoms with Gasteiger partial charge in [0.2, 0.25) is 5.91 Å². The fourth-order valence-corrected chi connectivity index (χ4v) is 2.83. The van der Waals surface area contributed by atoms with E-state index in [9.17, 15) is 14.0 Å². The third-order valence-corrected chi connectivity index (χ3v) is 4.21. The monoisotopic (exact) mass is 357 g/mol. The van der Waals surface area contributed by atoms with Gasteiger partial charge < -0.3 is 15.1 Å². The van der Waals surface area contributed by atoms with Crippen LogP contribution in [-0.2, 0) is 4.79 Å². The number of halogens is 1. The van der Waals surface area contributed by atoms with Crippen molar-refractivity contribution in [3.05, 3.63) is 47.7 Å².